The average Bonchev–Trinajstić information content (AvgIpc) is 2.80. The van der Waals surface area contributed by atoms with Crippen LogP contribution in [0, 0.1) is 0 Å². The van der Waals surface area contributed by atoms with Gasteiger partial charge in [0.05, 0.1) is 12.2 Å². The van der Waals surface area contributed by atoms with Gasteiger partial charge in [-0.2, -0.15) is 0 Å². The molecule has 0 aliphatic rings. The van der Waals surface area contributed by atoms with Crippen molar-refractivity contribution in [3.63, 3.8) is 0 Å². The van der Waals surface area contributed by atoms with Crippen LogP contribution in [-0.2, 0) is 9.53 Å². The molecule has 1 aromatic heterocycles. The van der Waals surface area contributed by atoms with Crippen LogP contribution in [0.3, 0.4) is 0 Å². The molecule has 0 unspecified atom stereocenters. The molecule has 3 aromatic rings. The summed E-state index contributed by atoms with van der Waals surface area (Å²) < 4.78 is 10.2. The Morgan fingerprint density at radius 2 is 1.68 bits per heavy atom. The van der Waals surface area contributed by atoms with Crippen LogP contribution in [0.15, 0.2) is 79.0 Å². The lowest BCUT2D eigenvalue weighted by atomic mass is 10.2. The minimum absolute atomic E-state index is 0.221. The van der Waals surface area contributed by atoms with Gasteiger partial charge < -0.3 is 14.8 Å². The van der Waals surface area contributed by atoms with Gasteiger partial charge in [0.15, 0.2) is 0 Å². The van der Waals surface area contributed by atoms with Gasteiger partial charge in [0.25, 0.3) is 0 Å². The molecule has 0 saturated heterocycles. The lowest BCUT2D eigenvalue weighted by molar-refractivity contribution is -0.111. The van der Waals surface area contributed by atoms with E-state index in [1.807, 2.05) is 0 Å². The second kappa shape index (κ2) is 10.5. The Bertz CT molecular complexity index is 1080. The molecule has 0 spiro atoms. The van der Waals surface area contributed by atoms with E-state index in [0.29, 0.717) is 23.6 Å². The van der Waals surface area contributed by atoms with Gasteiger partial charge in [-0.05, 0) is 67.1 Å². The number of carbonyl (C=O) groups is 3. The Balaban J connectivity index is 1.53. The van der Waals surface area contributed by atoms with Crippen LogP contribution >= 0.6 is 0 Å². The number of aromatic nitrogens is 1. The Morgan fingerprint density at radius 3 is 2.32 bits per heavy atom. The van der Waals surface area contributed by atoms with E-state index in [0.717, 1.165) is 5.56 Å². The number of nitrogens with one attached hydrogen (secondary N) is 1. The normalized spacial score (nSPS) is 10.5. The summed E-state index contributed by atoms with van der Waals surface area (Å²) in [5, 5.41) is 2.71. The number of ether oxygens (including phenoxy) is 2. The second-order valence-corrected chi connectivity index (χ2v) is 6.29. The molecule has 156 valence electrons. The minimum atomic E-state index is -0.544. The van der Waals surface area contributed by atoms with E-state index in [4.69, 9.17) is 9.47 Å². The highest BCUT2D eigenvalue weighted by Crippen LogP contribution is 2.15. The molecule has 3 rings (SSSR count). The van der Waals surface area contributed by atoms with Crippen LogP contribution in [0.25, 0.3) is 6.08 Å². The lowest BCUT2D eigenvalue weighted by Crippen LogP contribution is -2.10. The molecule has 1 N–H and O–H groups in total. The highest BCUT2D eigenvalue weighted by molar-refractivity contribution is 6.02. The molecule has 7 nitrogen and oxygen atoms in total. The van der Waals surface area contributed by atoms with Gasteiger partial charge in [0.1, 0.15) is 11.4 Å². The van der Waals surface area contributed by atoms with Gasteiger partial charge in [-0.3, -0.25) is 4.79 Å². The molecule has 0 bridgehead atoms. The summed E-state index contributed by atoms with van der Waals surface area (Å²) >= 11 is 0. The lowest BCUT2D eigenvalue weighted by Gasteiger charge is -2.05. The van der Waals surface area contributed by atoms with E-state index in [1.54, 1.807) is 79.7 Å². The number of hydrogen-bond donors (Lipinski definition) is 1. The van der Waals surface area contributed by atoms with Crippen molar-refractivity contribution in [2.45, 2.75) is 6.92 Å². The number of hydrogen-bond acceptors (Lipinski definition) is 6. The molecular weight excluding hydrogens is 396 g/mol. The van der Waals surface area contributed by atoms with Crippen molar-refractivity contribution in [3.05, 3.63) is 95.8 Å². The van der Waals surface area contributed by atoms with Crippen molar-refractivity contribution in [1.29, 1.82) is 0 Å². The van der Waals surface area contributed by atoms with Crippen molar-refractivity contribution in [2.24, 2.45) is 0 Å². The largest absolute Gasteiger partial charge is 0.462 e. The van der Waals surface area contributed by atoms with Crippen molar-refractivity contribution >= 4 is 29.6 Å². The summed E-state index contributed by atoms with van der Waals surface area (Å²) in [5.41, 5.74) is 1.95. The summed E-state index contributed by atoms with van der Waals surface area (Å²) in [6, 6.07) is 18.1. The van der Waals surface area contributed by atoms with Gasteiger partial charge in [0.2, 0.25) is 5.91 Å². The van der Waals surface area contributed by atoms with Gasteiger partial charge in [0, 0.05) is 18.0 Å². The fourth-order valence-electron chi connectivity index (χ4n) is 2.55. The van der Waals surface area contributed by atoms with Crippen LogP contribution in [0.5, 0.6) is 5.75 Å². The predicted molar refractivity (Wildman–Crippen MR) is 116 cm³/mol. The summed E-state index contributed by atoms with van der Waals surface area (Å²) in [5.74, 6) is -0.903. The third kappa shape index (κ3) is 6.37. The third-order valence-electron chi connectivity index (χ3n) is 4.06. The molecule has 0 fully saturated rings. The molecule has 31 heavy (non-hydrogen) atoms. The Labute approximate surface area is 179 Å². The van der Waals surface area contributed by atoms with E-state index in [-0.39, 0.29) is 11.6 Å². The topological polar surface area (TPSA) is 94.6 Å². The van der Waals surface area contributed by atoms with E-state index in [1.165, 1.54) is 12.3 Å². The fourth-order valence-corrected chi connectivity index (χ4v) is 2.55. The zero-order valence-electron chi connectivity index (χ0n) is 16.8. The number of carbonyl (C=O) groups excluding carboxylic acids is 3. The first-order valence-corrected chi connectivity index (χ1v) is 9.54. The zero-order chi connectivity index (χ0) is 22.1. The number of rotatable bonds is 7. The molecular formula is C24H20N2O5. The smallest absolute Gasteiger partial charge is 0.362 e. The van der Waals surface area contributed by atoms with E-state index >= 15 is 0 Å². The molecule has 0 saturated carbocycles. The van der Waals surface area contributed by atoms with Crippen LogP contribution in [0.2, 0.25) is 0 Å². The van der Waals surface area contributed by atoms with Gasteiger partial charge in [-0.25, -0.2) is 14.6 Å². The molecule has 1 heterocycles. The molecule has 0 aliphatic carbocycles. The Kier molecular flexibility index (Phi) is 7.26. The quantitative estimate of drug-likeness (QED) is 0.354. The molecule has 0 aliphatic heterocycles. The molecule has 0 radical (unpaired) electrons. The van der Waals surface area contributed by atoms with E-state index < -0.39 is 11.9 Å². The molecule has 7 heteroatoms. The third-order valence-corrected chi connectivity index (χ3v) is 4.06. The number of pyridine rings is 1. The summed E-state index contributed by atoms with van der Waals surface area (Å²) in [4.78, 5) is 39.7. The van der Waals surface area contributed by atoms with Crippen LogP contribution in [0.4, 0.5) is 5.69 Å². The maximum absolute atomic E-state index is 12.1. The number of benzene rings is 2. The number of anilines is 1. The second-order valence-electron chi connectivity index (χ2n) is 6.29. The maximum Gasteiger partial charge on any atom is 0.362 e. The summed E-state index contributed by atoms with van der Waals surface area (Å²) in [7, 11) is 0. The number of nitrogens with zero attached hydrogens (tertiary/aromatic N) is 1. The summed E-state index contributed by atoms with van der Waals surface area (Å²) in [6.45, 7) is 2.04. The highest BCUT2D eigenvalue weighted by atomic mass is 16.5. The van der Waals surface area contributed by atoms with Crippen LogP contribution in [-0.4, -0.2) is 29.4 Å². The van der Waals surface area contributed by atoms with Crippen molar-refractivity contribution in [2.75, 3.05) is 11.9 Å². The fraction of sp³-hybridized carbons (Fsp3) is 0.0833. The SMILES string of the molecule is CCOC(=O)c1ccc(NC(=O)/C=C/c2ccc(OC(=O)c3ccccn3)cc2)cc1. The predicted octanol–water partition coefficient (Wildman–Crippen LogP) is 4.13. The Hall–Kier alpha value is -4.26. The van der Waals surface area contributed by atoms with Gasteiger partial charge in [-0.15, -0.1) is 0 Å². The van der Waals surface area contributed by atoms with Crippen molar-refractivity contribution in [1.82, 2.24) is 4.98 Å². The van der Waals surface area contributed by atoms with Crippen molar-refractivity contribution < 1.29 is 23.9 Å². The molecule has 2 aromatic carbocycles. The molecule has 1 amide bonds. The monoisotopic (exact) mass is 416 g/mol. The standard InChI is InChI=1S/C24H20N2O5/c1-2-30-23(28)18-9-11-19(12-10-18)26-22(27)15-8-17-6-13-20(14-7-17)31-24(29)21-5-3-4-16-25-21/h3-16H,2H2,1H3,(H,26,27)/b15-8+. The van der Waals surface area contributed by atoms with Gasteiger partial charge >= 0.3 is 11.9 Å². The minimum Gasteiger partial charge on any atom is -0.462 e. The average molecular weight is 416 g/mol. The van der Waals surface area contributed by atoms with Gasteiger partial charge in [-0.1, -0.05) is 18.2 Å². The number of esters is 2. The Morgan fingerprint density at radius 1 is 0.935 bits per heavy atom. The first kappa shape index (κ1) is 21.4. The first-order valence-electron chi connectivity index (χ1n) is 9.54. The van der Waals surface area contributed by atoms with E-state index in [9.17, 15) is 14.4 Å². The molecule has 0 atom stereocenters. The van der Waals surface area contributed by atoms with Crippen molar-refractivity contribution in [3.8, 4) is 5.75 Å². The maximum atomic E-state index is 12.1. The van der Waals surface area contributed by atoms with E-state index in [2.05, 4.69) is 10.3 Å². The zero-order valence-corrected chi connectivity index (χ0v) is 16.8. The van der Waals surface area contributed by atoms with Crippen LogP contribution in [0.1, 0.15) is 33.3 Å². The number of amides is 1. The first-order chi connectivity index (χ1) is 15.0. The van der Waals surface area contributed by atoms with Crippen LogP contribution < -0.4 is 10.1 Å². The summed E-state index contributed by atoms with van der Waals surface area (Å²) in [6.07, 6.45) is 4.53. The highest BCUT2D eigenvalue weighted by Gasteiger charge is 2.09.